The molecule has 0 aromatic heterocycles. The second-order valence-electron chi connectivity index (χ2n) is 9.41. The number of fused-ring (bicyclic) bond motifs is 1. The SMILES string of the molecule is CCOC.CSCCC(NC(=O)c1ccc(COCCc2ccc3c(c2)OCO3)cc1-c1ccccc1C)C(=O)O. The number of ether oxygens (including phenoxy) is 4. The smallest absolute Gasteiger partial charge is 0.326 e. The summed E-state index contributed by atoms with van der Waals surface area (Å²) >= 11 is 1.55. The first-order valence-corrected chi connectivity index (χ1v) is 14.9. The first kappa shape index (κ1) is 32.0. The van der Waals surface area contributed by atoms with Crippen LogP contribution < -0.4 is 14.8 Å². The molecule has 0 radical (unpaired) electrons. The number of carbonyl (C=O) groups excluding carboxylic acids is 1. The standard InChI is InChI=1S/C29H31NO6S.C3H8O/c1-19-5-3-4-6-22(19)24-15-21(7-9-23(24)28(31)30-25(29(32)33)12-14-37-2)17-34-13-11-20-8-10-26-27(16-20)36-18-35-26;1-3-4-2/h3-10,15-16,25H,11-14,17-18H2,1-2H3,(H,30,31)(H,32,33);3H2,1-2H3. The molecule has 0 fully saturated rings. The van der Waals surface area contributed by atoms with E-state index in [0.29, 0.717) is 31.0 Å². The Kier molecular flexibility index (Phi) is 13.0. The van der Waals surface area contributed by atoms with Crippen LogP contribution in [-0.4, -0.2) is 62.1 Å². The minimum atomic E-state index is -1.03. The summed E-state index contributed by atoms with van der Waals surface area (Å²) in [7, 11) is 1.68. The largest absolute Gasteiger partial charge is 0.480 e. The zero-order chi connectivity index (χ0) is 29.6. The lowest BCUT2D eigenvalue weighted by molar-refractivity contribution is -0.139. The lowest BCUT2D eigenvalue weighted by atomic mass is 9.93. The number of thioether (sulfide) groups is 1. The van der Waals surface area contributed by atoms with Crippen LogP contribution in [0.5, 0.6) is 11.5 Å². The van der Waals surface area contributed by atoms with Gasteiger partial charge in [0.2, 0.25) is 6.79 Å². The lowest BCUT2D eigenvalue weighted by Gasteiger charge is -2.18. The predicted octanol–water partition coefficient (Wildman–Crippen LogP) is 5.74. The fourth-order valence-corrected chi connectivity index (χ4v) is 4.65. The molecule has 3 aromatic rings. The normalized spacial score (nSPS) is 12.3. The fourth-order valence-electron chi connectivity index (χ4n) is 4.18. The van der Waals surface area contributed by atoms with Crippen molar-refractivity contribution in [3.8, 4) is 22.6 Å². The van der Waals surface area contributed by atoms with Gasteiger partial charge in [-0.2, -0.15) is 11.8 Å². The summed E-state index contributed by atoms with van der Waals surface area (Å²) in [6, 6.07) is 18.3. The number of aliphatic carboxylic acids is 1. The third kappa shape index (κ3) is 9.52. The second-order valence-corrected chi connectivity index (χ2v) is 10.4. The third-order valence-electron chi connectivity index (χ3n) is 6.51. The molecule has 1 aliphatic rings. The van der Waals surface area contributed by atoms with E-state index in [9.17, 15) is 14.7 Å². The Morgan fingerprint density at radius 2 is 1.76 bits per heavy atom. The van der Waals surface area contributed by atoms with Crippen LogP contribution in [0.25, 0.3) is 11.1 Å². The van der Waals surface area contributed by atoms with Crippen LogP contribution in [0.4, 0.5) is 0 Å². The number of aryl methyl sites for hydroxylation is 1. The Balaban J connectivity index is 0.00000108. The number of hydrogen-bond acceptors (Lipinski definition) is 7. The Hall–Kier alpha value is -3.53. The van der Waals surface area contributed by atoms with Crippen LogP contribution in [0, 0.1) is 6.92 Å². The van der Waals surface area contributed by atoms with E-state index < -0.39 is 17.9 Å². The van der Waals surface area contributed by atoms with Crippen molar-refractivity contribution in [2.75, 3.05) is 39.1 Å². The van der Waals surface area contributed by atoms with Gasteiger partial charge in [0, 0.05) is 19.3 Å². The van der Waals surface area contributed by atoms with Crippen molar-refractivity contribution >= 4 is 23.6 Å². The summed E-state index contributed by atoms with van der Waals surface area (Å²) in [6.45, 7) is 5.93. The number of carboxylic acid groups (broad SMARTS) is 1. The molecule has 1 heterocycles. The van der Waals surface area contributed by atoms with Crippen molar-refractivity contribution in [3.63, 3.8) is 0 Å². The number of carboxylic acids is 1. The second kappa shape index (κ2) is 16.7. The molecule has 4 rings (SSSR count). The molecule has 1 unspecified atom stereocenters. The summed E-state index contributed by atoms with van der Waals surface area (Å²) < 4.78 is 21.3. The van der Waals surface area contributed by atoms with Crippen LogP contribution in [0.2, 0.25) is 0 Å². The van der Waals surface area contributed by atoms with E-state index in [1.807, 2.05) is 74.7 Å². The monoisotopic (exact) mass is 581 g/mol. The summed E-state index contributed by atoms with van der Waals surface area (Å²) in [4.78, 5) is 24.9. The molecular weight excluding hydrogens is 542 g/mol. The molecular formula is C32H39NO7S. The van der Waals surface area contributed by atoms with E-state index >= 15 is 0 Å². The Bertz CT molecular complexity index is 1290. The molecule has 220 valence electrons. The predicted molar refractivity (Wildman–Crippen MR) is 162 cm³/mol. The summed E-state index contributed by atoms with van der Waals surface area (Å²) in [5, 5.41) is 12.3. The Morgan fingerprint density at radius 1 is 1.02 bits per heavy atom. The Morgan fingerprint density at radius 3 is 2.46 bits per heavy atom. The van der Waals surface area contributed by atoms with E-state index in [1.54, 1.807) is 24.9 Å². The number of amides is 1. The molecule has 1 amide bonds. The maximum absolute atomic E-state index is 13.2. The number of hydrogen-bond donors (Lipinski definition) is 2. The number of methoxy groups -OCH3 is 1. The average molecular weight is 582 g/mol. The molecule has 1 aliphatic heterocycles. The lowest BCUT2D eigenvalue weighted by Crippen LogP contribution is -2.41. The maximum atomic E-state index is 13.2. The van der Waals surface area contributed by atoms with Crippen molar-refractivity contribution in [2.24, 2.45) is 0 Å². The average Bonchev–Trinajstić information content (AvgIpc) is 3.45. The van der Waals surface area contributed by atoms with Crippen LogP contribution >= 0.6 is 11.8 Å². The van der Waals surface area contributed by atoms with Gasteiger partial charge >= 0.3 is 5.97 Å². The van der Waals surface area contributed by atoms with Crippen molar-refractivity contribution in [3.05, 3.63) is 82.9 Å². The minimum Gasteiger partial charge on any atom is -0.480 e. The highest BCUT2D eigenvalue weighted by molar-refractivity contribution is 7.98. The van der Waals surface area contributed by atoms with Gasteiger partial charge in [-0.3, -0.25) is 4.79 Å². The van der Waals surface area contributed by atoms with Crippen molar-refractivity contribution in [2.45, 2.75) is 39.3 Å². The number of benzene rings is 3. The van der Waals surface area contributed by atoms with Crippen molar-refractivity contribution in [1.29, 1.82) is 0 Å². The minimum absolute atomic E-state index is 0.251. The van der Waals surface area contributed by atoms with Crippen LogP contribution in [-0.2, 0) is 27.3 Å². The van der Waals surface area contributed by atoms with Crippen molar-refractivity contribution in [1.82, 2.24) is 5.32 Å². The molecule has 1 atom stereocenters. The molecule has 2 N–H and O–H groups in total. The van der Waals surface area contributed by atoms with Gasteiger partial charge in [-0.25, -0.2) is 4.79 Å². The number of rotatable bonds is 13. The van der Waals surface area contributed by atoms with Gasteiger partial charge in [-0.15, -0.1) is 0 Å². The van der Waals surface area contributed by atoms with Gasteiger partial charge in [0.05, 0.1) is 13.2 Å². The topological polar surface area (TPSA) is 103 Å². The van der Waals surface area contributed by atoms with Gasteiger partial charge in [0.1, 0.15) is 6.04 Å². The summed E-state index contributed by atoms with van der Waals surface area (Å²) in [6.07, 6.45) is 3.00. The first-order chi connectivity index (χ1) is 19.9. The molecule has 0 bridgehead atoms. The Labute approximate surface area is 246 Å². The summed E-state index contributed by atoms with van der Waals surface area (Å²) in [5.41, 5.74) is 5.17. The maximum Gasteiger partial charge on any atom is 0.326 e. The van der Waals surface area contributed by atoms with Crippen LogP contribution in [0.1, 0.15) is 40.4 Å². The molecule has 9 heteroatoms. The van der Waals surface area contributed by atoms with Gasteiger partial charge in [0.25, 0.3) is 5.91 Å². The molecule has 8 nitrogen and oxygen atoms in total. The van der Waals surface area contributed by atoms with E-state index in [-0.39, 0.29) is 6.79 Å². The first-order valence-electron chi connectivity index (χ1n) is 13.5. The van der Waals surface area contributed by atoms with E-state index in [0.717, 1.165) is 52.3 Å². The van der Waals surface area contributed by atoms with Crippen LogP contribution in [0.3, 0.4) is 0 Å². The molecule has 0 spiro atoms. The quantitative estimate of drug-likeness (QED) is 0.247. The highest BCUT2D eigenvalue weighted by Crippen LogP contribution is 2.33. The van der Waals surface area contributed by atoms with E-state index in [1.165, 1.54) is 0 Å². The zero-order valence-corrected chi connectivity index (χ0v) is 24.9. The molecule has 0 aliphatic carbocycles. The van der Waals surface area contributed by atoms with Gasteiger partial charge in [-0.05, 0) is 90.8 Å². The summed E-state index contributed by atoms with van der Waals surface area (Å²) in [5.74, 6) is 0.725. The highest BCUT2D eigenvalue weighted by atomic mass is 32.2. The zero-order valence-electron chi connectivity index (χ0n) is 24.1. The molecule has 0 saturated heterocycles. The molecule has 3 aromatic carbocycles. The number of carbonyl (C=O) groups is 2. The molecule has 41 heavy (non-hydrogen) atoms. The van der Waals surface area contributed by atoms with Crippen LogP contribution in [0.15, 0.2) is 60.7 Å². The molecule has 0 saturated carbocycles. The fraction of sp³-hybridized carbons (Fsp3) is 0.375. The van der Waals surface area contributed by atoms with Gasteiger partial charge < -0.3 is 29.4 Å². The highest BCUT2D eigenvalue weighted by Gasteiger charge is 2.23. The van der Waals surface area contributed by atoms with Gasteiger partial charge in [-0.1, -0.05) is 36.4 Å². The number of nitrogens with one attached hydrogen (secondary N) is 1. The van der Waals surface area contributed by atoms with Crippen molar-refractivity contribution < 1.29 is 33.6 Å². The van der Waals surface area contributed by atoms with E-state index in [2.05, 4.69) is 10.1 Å². The van der Waals surface area contributed by atoms with E-state index in [4.69, 9.17) is 14.2 Å². The van der Waals surface area contributed by atoms with Gasteiger partial charge in [0.15, 0.2) is 11.5 Å². The third-order valence-corrected chi connectivity index (χ3v) is 7.15.